The summed E-state index contributed by atoms with van der Waals surface area (Å²) in [7, 11) is 0. The number of carbonyl (C=O) groups excluding carboxylic acids is 3. The van der Waals surface area contributed by atoms with E-state index >= 15 is 0 Å². The molecule has 2 aromatic rings. The molecule has 3 atom stereocenters. The van der Waals surface area contributed by atoms with Crippen molar-refractivity contribution < 1.29 is 14.4 Å². The van der Waals surface area contributed by atoms with Crippen molar-refractivity contribution in [1.29, 1.82) is 0 Å². The Labute approximate surface area is 224 Å². The van der Waals surface area contributed by atoms with Gasteiger partial charge in [-0.2, -0.15) is 0 Å². The summed E-state index contributed by atoms with van der Waals surface area (Å²) >= 11 is 1.71. The van der Waals surface area contributed by atoms with Crippen LogP contribution >= 0.6 is 11.3 Å². The van der Waals surface area contributed by atoms with Gasteiger partial charge in [0, 0.05) is 29.5 Å². The number of carbonyl (C=O) groups is 3. The molecule has 1 aliphatic carbocycles. The van der Waals surface area contributed by atoms with Crippen LogP contribution in [0, 0.1) is 11.8 Å². The van der Waals surface area contributed by atoms with Crippen LogP contribution in [0.25, 0.3) is 6.08 Å². The monoisotopic (exact) mass is 521 g/mol. The van der Waals surface area contributed by atoms with Crippen molar-refractivity contribution in [2.45, 2.75) is 76.3 Å². The third-order valence-electron chi connectivity index (χ3n) is 7.55. The number of aryl methyl sites for hydroxylation is 1. The van der Waals surface area contributed by atoms with Gasteiger partial charge in [-0.15, -0.1) is 11.3 Å². The average molecular weight is 522 g/mol. The van der Waals surface area contributed by atoms with E-state index in [4.69, 9.17) is 0 Å². The van der Waals surface area contributed by atoms with Gasteiger partial charge in [0.1, 0.15) is 6.04 Å². The summed E-state index contributed by atoms with van der Waals surface area (Å²) in [5.74, 6) is 0.0436. The maximum atomic E-state index is 13.6. The standard InChI is InChI=1S/C30H39N3O3S/c34-28(16-13-22-8-3-1-4-9-22)33-27(20-23-10-5-2-6-11-23)30(36)32-25(14-15-26-12-7-19-37-26)21-24-17-18-31-29(24)35/h1,3-4,7-9,12-13,16,19,23-25,27H,2,5-6,10-11,14-15,17-18,20-21H2,(H,31,35)(H,32,36)(H,33,34)/t24-,25-,27-/m0/s1. The van der Waals surface area contributed by atoms with E-state index in [1.807, 2.05) is 36.4 Å². The molecule has 0 bridgehead atoms. The van der Waals surface area contributed by atoms with Gasteiger partial charge in [-0.05, 0) is 61.1 Å². The molecule has 37 heavy (non-hydrogen) atoms. The molecule has 0 radical (unpaired) electrons. The summed E-state index contributed by atoms with van der Waals surface area (Å²) in [5.41, 5.74) is 0.939. The number of thiophene rings is 1. The molecule has 4 rings (SSSR count). The summed E-state index contributed by atoms with van der Waals surface area (Å²) in [4.78, 5) is 40.0. The Morgan fingerprint density at radius 1 is 1.00 bits per heavy atom. The SMILES string of the molecule is O=C(C=Cc1ccccc1)N[C@@H](CC1CCCCC1)C(=O)N[C@@H](CCc1cccs1)C[C@@H]1CCNC1=O. The topological polar surface area (TPSA) is 87.3 Å². The summed E-state index contributed by atoms with van der Waals surface area (Å²) < 4.78 is 0. The molecule has 1 saturated carbocycles. The molecule has 2 aliphatic rings. The van der Waals surface area contributed by atoms with Gasteiger partial charge in [-0.3, -0.25) is 14.4 Å². The fraction of sp³-hybridized carbons (Fsp3) is 0.500. The minimum Gasteiger partial charge on any atom is -0.356 e. The van der Waals surface area contributed by atoms with E-state index in [0.717, 1.165) is 37.7 Å². The van der Waals surface area contributed by atoms with E-state index < -0.39 is 6.04 Å². The molecule has 0 spiro atoms. The normalized spacial score (nSPS) is 19.9. The number of rotatable bonds is 12. The van der Waals surface area contributed by atoms with Crippen LogP contribution in [0.5, 0.6) is 0 Å². The second-order valence-electron chi connectivity index (χ2n) is 10.4. The molecule has 1 aromatic carbocycles. The molecular weight excluding hydrogens is 482 g/mol. The van der Waals surface area contributed by atoms with Crippen LogP contribution in [0.1, 0.15) is 68.2 Å². The Morgan fingerprint density at radius 3 is 2.51 bits per heavy atom. The van der Waals surface area contributed by atoms with Gasteiger partial charge >= 0.3 is 0 Å². The molecule has 198 valence electrons. The minimum atomic E-state index is -0.585. The van der Waals surface area contributed by atoms with Crippen LogP contribution in [0.15, 0.2) is 53.9 Å². The molecule has 1 aliphatic heterocycles. The molecule has 3 amide bonds. The zero-order chi connectivity index (χ0) is 25.9. The van der Waals surface area contributed by atoms with Crippen LogP contribution in [0.4, 0.5) is 0 Å². The summed E-state index contributed by atoms with van der Waals surface area (Å²) in [6.07, 6.45) is 12.8. The highest BCUT2D eigenvalue weighted by Crippen LogP contribution is 2.28. The van der Waals surface area contributed by atoms with Gasteiger partial charge in [-0.25, -0.2) is 0 Å². The van der Waals surface area contributed by atoms with E-state index in [9.17, 15) is 14.4 Å². The maximum absolute atomic E-state index is 13.6. The fourth-order valence-electron chi connectivity index (χ4n) is 5.48. The lowest BCUT2D eigenvalue weighted by molar-refractivity contribution is -0.128. The Morgan fingerprint density at radius 2 is 1.81 bits per heavy atom. The molecular formula is C30H39N3O3S. The van der Waals surface area contributed by atoms with Crippen molar-refractivity contribution in [1.82, 2.24) is 16.0 Å². The van der Waals surface area contributed by atoms with Crippen molar-refractivity contribution in [3.8, 4) is 0 Å². The molecule has 1 aromatic heterocycles. The lowest BCUT2D eigenvalue weighted by atomic mass is 9.84. The third kappa shape index (κ3) is 8.85. The predicted molar refractivity (Wildman–Crippen MR) is 149 cm³/mol. The number of hydrogen-bond acceptors (Lipinski definition) is 4. The van der Waals surface area contributed by atoms with E-state index in [1.165, 1.54) is 30.2 Å². The Kier molecular flexibility index (Phi) is 10.4. The molecule has 6 nitrogen and oxygen atoms in total. The highest BCUT2D eigenvalue weighted by molar-refractivity contribution is 7.09. The van der Waals surface area contributed by atoms with Crippen LogP contribution in [-0.4, -0.2) is 36.3 Å². The zero-order valence-corrected chi connectivity index (χ0v) is 22.3. The molecule has 2 fully saturated rings. The lowest BCUT2D eigenvalue weighted by Gasteiger charge is -2.28. The molecule has 0 unspecified atom stereocenters. The summed E-state index contributed by atoms with van der Waals surface area (Å²) in [5, 5.41) is 11.2. The number of hydrogen-bond donors (Lipinski definition) is 3. The molecule has 1 saturated heterocycles. The van der Waals surface area contributed by atoms with E-state index in [0.29, 0.717) is 25.3 Å². The van der Waals surface area contributed by atoms with Crippen LogP contribution in [-0.2, 0) is 20.8 Å². The first-order valence-corrected chi connectivity index (χ1v) is 14.6. The van der Waals surface area contributed by atoms with Crippen molar-refractivity contribution in [2.75, 3.05) is 6.54 Å². The first kappa shape index (κ1) is 27.1. The van der Waals surface area contributed by atoms with E-state index in [-0.39, 0.29) is 29.7 Å². The quantitative estimate of drug-likeness (QED) is 0.349. The van der Waals surface area contributed by atoms with Gasteiger partial charge in [0.15, 0.2) is 0 Å². The van der Waals surface area contributed by atoms with Gasteiger partial charge in [0.05, 0.1) is 0 Å². The highest BCUT2D eigenvalue weighted by Gasteiger charge is 2.31. The molecule has 2 heterocycles. The van der Waals surface area contributed by atoms with Crippen molar-refractivity contribution in [2.24, 2.45) is 11.8 Å². The Bertz CT molecular complexity index is 1030. The lowest BCUT2D eigenvalue weighted by Crippen LogP contribution is -2.50. The predicted octanol–water partition coefficient (Wildman–Crippen LogP) is 4.86. The number of nitrogens with one attached hydrogen (secondary N) is 3. The third-order valence-corrected chi connectivity index (χ3v) is 8.49. The molecule has 7 heteroatoms. The Balaban J connectivity index is 1.42. The number of benzene rings is 1. The summed E-state index contributed by atoms with van der Waals surface area (Å²) in [6, 6.07) is 13.1. The smallest absolute Gasteiger partial charge is 0.244 e. The second kappa shape index (κ2) is 14.1. The Hall–Kier alpha value is -2.93. The van der Waals surface area contributed by atoms with Crippen LogP contribution < -0.4 is 16.0 Å². The van der Waals surface area contributed by atoms with Gasteiger partial charge in [0.2, 0.25) is 17.7 Å². The fourth-order valence-corrected chi connectivity index (χ4v) is 6.20. The van der Waals surface area contributed by atoms with Gasteiger partial charge in [-0.1, -0.05) is 68.5 Å². The van der Waals surface area contributed by atoms with Gasteiger partial charge < -0.3 is 16.0 Å². The minimum absolute atomic E-state index is 0.0752. The van der Waals surface area contributed by atoms with E-state index in [2.05, 4.69) is 27.4 Å². The largest absolute Gasteiger partial charge is 0.356 e. The van der Waals surface area contributed by atoms with Crippen LogP contribution in [0.2, 0.25) is 0 Å². The van der Waals surface area contributed by atoms with Gasteiger partial charge in [0.25, 0.3) is 0 Å². The number of amides is 3. The van der Waals surface area contributed by atoms with E-state index in [1.54, 1.807) is 17.4 Å². The van der Waals surface area contributed by atoms with Crippen molar-refractivity contribution in [3.63, 3.8) is 0 Å². The maximum Gasteiger partial charge on any atom is 0.244 e. The first-order chi connectivity index (χ1) is 18.1. The zero-order valence-electron chi connectivity index (χ0n) is 21.5. The summed E-state index contributed by atoms with van der Waals surface area (Å²) in [6.45, 7) is 0.698. The molecule has 3 N–H and O–H groups in total. The second-order valence-corrected chi connectivity index (χ2v) is 11.4. The van der Waals surface area contributed by atoms with Crippen molar-refractivity contribution in [3.05, 3.63) is 64.4 Å². The van der Waals surface area contributed by atoms with Crippen molar-refractivity contribution >= 4 is 35.1 Å². The van der Waals surface area contributed by atoms with Crippen LogP contribution in [0.3, 0.4) is 0 Å². The highest BCUT2D eigenvalue weighted by atomic mass is 32.1. The average Bonchev–Trinajstić information content (AvgIpc) is 3.58. The first-order valence-electron chi connectivity index (χ1n) is 13.7.